The maximum absolute atomic E-state index is 12.5. The number of rotatable bonds is 3. The quantitative estimate of drug-likeness (QED) is 0.883. The molecular weight excluding hydrogens is 339 g/mol. The van der Waals surface area contributed by atoms with Gasteiger partial charge in [0.15, 0.2) is 5.76 Å². The van der Waals surface area contributed by atoms with E-state index in [0.29, 0.717) is 0 Å². The van der Waals surface area contributed by atoms with Crippen LogP contribution >= 0.6 is 24.8 Å². The number of hydrogen-bond donors (Lipinski definition) is 1. The maximum Gasteiger partial charge on any atom is 0.242 e. The van der Waals surface area contributed by atoms with Crippen LogP contribution in [0.4, 0.5) is 0 Å². The maximum atomic E-state index is 12.5. The SMILES string of the molecule is Cc1cc(CN2CCN(C(=O)C3(N)CCCC3)CC2)on1.Cl.Cl. The van der Waals surface area contributed by atoms with E-state index in [1.54, 1.807) is 0 Å². The summed E-state index contributed by atoms with van der Waals surface area (Å²) in [6, 6.07) is 1.96. The van der Waals surface area contributed by atoms with Gasteiger partial charge in [0.05, 0.1) is 17.8 Å². The fourth-order valence-electron chi connectivity index (χ4n) is 3.35. The van der Waals surface area contributed by atoms with Gasteiger partial charge in [-0.3, -0.25) is 9.69 Å². The van der Waals surface area contributed by atoms with Crippen LogP contribution in [-0.2, 0) is 11.3 Å². The third-order valence-electron chi connectivity index (χ3n) is 4.64. The summed E-state index contributed by atoms with van der Waals surface area (Å²) in [4.78, 5) is 16.8. The number of carbonyl (C=O) groups is 1. The van der Waals surface area contributed by atoms with Crippen molar-refractivity contribution in [1.82, 2.24) is 15.0 Å². The highest BCUT2D eigenvalue weighted by atomic mass is 35.5. The Hall–Kier alpha value is -0.820. The largest absolute Gasteiger partial charge is 0.360 e. The molecule has 2 fully saturated rings. The molecule has 1 aromatic heterocycles. The van der Waals surface area contributed by atoms with Gasteiger partial charge in [-0.15, -0.1) is 24.8 Å². The topological polar surface area (TPSA) is 75.6 Å². The van der Waals surface area contributed by atoms with Gasteiger partial charge in [-0.05, 0) is 19.8 Å². The number of nitrogens with zero attached hydrogens (tertiary/aromatic N) is 3. The van der Waals surface area contributed by atoms with Crippen LogP contribution in [0.3, 0.4) is 0 Å². The van der Waals surface area contributed by atoms with Crippen molar-refractivity contribution < 1.29 is 9.32 Å². The van der Waals surface area contributed by atoms with Crippen LogP contribution in [0.15, 0.2) is 10.6 Å². The molecule has 132 valence electrons. The molecule has 2 aliphatic rings. The van der Waals surface area contributed by atoms with Crippen LogP contribution in [-0.4, -0.2) is 52.6 Å². The molecule has 0 radical (unpaired) electrons. The first-order chi connectivity index (χ1) is 10.1. The number of halogens is 2. The minimum Gasteiger partial charge on any atom is -0.360 e. The number of aryl methyl sites for hydroxylation is 1. The molecule has 1 aromatic rings. The first kappa shape index (κ1) is 20.2. The van der Waals surface area contributed by atoms with Crippen molar-refractivity contribution in [2.75, 3.05) is 26.2 Å². The number of aromatic nitrogens is 1. The first-order valence-electron chi connectivity index (χ1n) is 7.80. The normalized spacial score (nSPS) is 20.7. The van der Waals surface area contributed by atoms with Crippen LogP contribution in [0.25, 0.3) is 0 Å². The molecule has 8 heteroatoms. The van der Waals surface area contributed by atoms with E-state index in [0.717, 1.165) is 69.9 Å². The Kier molecular flexibility index (Phi) is 7.32. The molecule has 0 atom stereocenters. The molecule has 0 unspecified atom stereocenters. The van der Waals surface area contributed by atoms with Gasteiger partial charge in [0, 0.05) is 32.2 Å². The third kappa shape index (κ3) is 4.59. The van der Waals surface area contributed by atoms with E-state index >= 15 is 0 Å². The highest BCUT2D eigenvalue weighted by molar-refractivity contribution is 5.86. The number of amides is 1. The summed E-state index contributed by atoms with van der Waals surface area (Å²) in [5.74, 6) is 1.04. The summed E-state index contributed by atoms with van der Waals surface area (Å²) in [5.41, 5.74) is 6.58. The number of hydrogen-bond acceptors (Lipinski definition) is 5. The summed E-state index contributed by atoms with van der Waals surface area (Å²) < 4.78 is 5.25. The number of nitrogens with two attached hydrogens (primary N) is 1. The molecule has 1 amide bonds. The molecule has 1 aliphatic carbocycles. The van der Waals surface area contributed by atoms with Gasteiger partial charge < -0.3 is 15.2 Å². The summed E-state index contributed by atoms with van der Waals surface area (Å²) in [6.45, 7) is 5.92. The second-order valence-electron chi connectivity index (χ2n) is 6.37. The first-order valence-corrected chi connectivity index (χ1v) is 7.80. The third-order valence-corrected chi connectivity index (χ3v) is 4.64. The van der Waals surface area contributed by atoms with Gasteiger partial charge in [-0.1, -0.05) is 18.0 Å². The highest BCUT2D eigenvalue weighted by Crippen LogP contribution is 2.29. The summed E-state index contributed by atoms with van der Waals surface area (Å²) in [7, 11) is 0. The van der Waals surface area contributed by atoms with Gasteiger partial charge in [0.1, 0.15) is 0 Å². The zero-order chi connectivity index (χ0) is 14.9. The van der Waals surface area contributed by atoms with E-state index in [-0.39, 0.29) is 30.7 Å². The molecule has 0 bridgehead atoms. The van der Waals surface area contributed by atoms with E-state index < -0.39 is 5.54 Å². The van der Waals surface area contributed by atoms with Crippen molar-refractivity contribution >= 4 is 30.7 Å². The lowest BCUT2D eigenvalue weighted by Gasteiger charge is -2.38. The van der Waals surface area contributed by atoms with Crippen LogP contribution in [0.1, 0.15) is 37.1 Å². The van der Waals surface area contributed by atoms with Gasteiger partial charge >= 0.3 is 0 Å². The second kappa shape index (κ2) is 8.33. The molecule has 3 rings (SSSR count). The molecule has 0 aromatic carbocycles. The van der Waals surface area contributed by atoms with Gasteiger partial charge in [-0.2, -0.15) is 0 Å². The van der Waals surface area contributed by atoms with Crippen molar-refractivity contribution in [1.29, 1.82) is 0 Å². The van der Waals surface area contributed by atoms with Crippen molar-refractivity contribution in [3.63, 3.8) is 0 Å². The Bertz CT molecular complexity index is 509. The predicted molar refractivity (Wildman–Crippen MR) is 93.0 cm³/mol. The molecule has 6 nitrogen and oxygen atoms in total. The van der Waals surface area contributed by atoms with Crippen molar-refractivity contribution in [3.8, 4) is 0 Å². The zero-order valence-electron chi connectivity index (χ0n) is 13.5. The lowest BCUT2D eigenvalue weighted by molar-refractivity contribution is -0.138. The molecule has 1 saturated heterocycles. The van der Waals surface area contributed by atoms with Crippen molar-refractivity contribution in [2.24, 2.45) is 5.73 Å². The predicted octanol–water partition coefficient (Wildman–Crippen LogP) is 1.74. The number of carbonyl (C=O) groups excluding carboxylic acids is 1. The van der Waals surface area contributed by atoms with Crippen LogP contribution in [0, 0.1) is 6.92 Å². The smallest absolute Gasteiger partial charge is 0.242 e. The zero-order valence-corrected chi connectivity index (χ0v) is 15.1. The second-order valence-corrected chi connectivity index (χ2v) is 6.37. The van der Waals surface area contributed by atoms with E-state index in [4.69, 9.17) is 10.3 Å². The van der Waals surface area contributed by atoms with Crippen LogP contribution in [0.5, 0.6) is 0 Å². The number of piperazine rings is 1. The fourth-order valence-corrected chi connectivity index (χ4v) is 3.35. The highest BCUT2D eigenvalue weighted by Gasteiger charge is 2.40. The van der Waals surface area contributed by atoms with E-state index in [2.05, 4.69) is 10.1 Å². The van der Waals surface area contributed by atoms with E-state index in [9.17, 15) is 4.79 Å². The van der Waals surface area contributed by atoms with Crippen LogP contribution in [0.2, 0.25) is 0 Å². The molecule has 2 N–H and O–H groups in total. The van der Waals surface area contributed by atoms with Gasteiger partial charge in [0.25, 0.3) is 0 Å². The van der Waals surface area contributed by atoms with Crippen molar-refractivity contribution in [3.05, 3.63) is 17.5 Å². The van der Waals surface area contributed by atoms with E-state index in [1.807, 2.05) is 17.9 Å². The molecule has 2 heterocycles. The van der Waals surface area contributed by atoms with Crippen LogP contribution < -0.4 is 5.73 Å². The summed E-state index contributed by atoms with van der Waals surface area (Å²) in [5, 5.41) is 3.90. The monoisotopic (exact) mass is 364 g/mol. The van der Waals surface area contributed by atoms with Crippen molar-refractivity contribution in [2.45, 2.75) is 44.7 Å². The Balaban J connectivity index is 0.00000132. The fraction of sp³-hybridized carbons (Fsp3) is 0.733. The minimum atomic E-state index is -0.593. The van der Waals surface area contributed by atoms with E-state index in [1.165, 1.54) is 0 Å². The Labute approximate surface area is 149 Å². The lowest BCUT2D eigenvalue weighted by atomic mass is 9.97. The summed E-state index contributed by atoms with van der Waals surface area (Å²) in [6.07, 6.45) is 3.83. The molecule has 1 saturated carbocycles. The summed E-state index contributed by atoms with van der Waals surface area (Å²) >= 11 is 0. The molecule has 0 spiro atoms. The van der Waals surface area contributed by atoms with Gasteiger partial charge in [-0.25, -0.2) is 0 Å². The molecular formula is C15H26Cl2N4O2. The Morgan fingerprint density at radius 3 is 2.39 bits per heavy atom. The molecule has 1 aliphatic heterocycles. The average molecular weight is 365 g/mol. The standard InChI is InChI=1S/C15H24N4O2.2ClH/c1-12-10-13(21-17-12)11-18-6-8-19(9-7-18)14(20)15(16)4-2-3-5-15;;/h10H,2-9,11,16H2,1H3;2*1H. The van der Waals surface area contributed by atoms with Gasteiger partial charge in [0.2, 0.25) is 5.91 Å². The Morgan fingerprint density at radius 2 is 1.87 bits per heavy atom. The molecule has 23 heavy (non-hydrogen) atoms. The Morgan fingerprint density at radius 1 is 1.26 bits per heavy atom. The average Bonchev–Trinajstić information content (AvgIpc) is 3.09. The minimum absolute atomic E-state index is 0. The lowest BCUT2D eigenvalue weighted by Crippen LogP contribution is -2.58.